The average Bonchev–Trinajstić information content (AvgIpc) is 2.68. The first-order chi connectivity index (χ1) is 13.3. The Hall–Kier alpha value is -2.54. The zero-order valence-corrected chi connectivity index (χ0v) is 17.7. The van der Waals surface area contributed by atoms with E-state index in [1.165, 1.54) is 13.2 Å². The number of para-hydroxylation sites is 2. The highest BCUT2D eigenvalue weighted by Crippen LogP contribution is 2.27. The average molecular weight is 405 g/mol. The molecule has 2 aromatic rings. The number of sulfonamides is 1. The van der Waals surface area contributed by atoms with Crippen LogP contribution >= 0.6 is 0 Å². The smallest absolute Gasteiger partial charge is 0.262 e. The molecular weight excluding hydrogens is 376 g/mol. The second kappa shape index (κ2) is 9.59. The lowest BCUT2D eigenvalue weighted by Gasteiger charge is -2.21. The molecule has 0 radical (unpaired) electrons. The Morgan fingerprint density at radius 1 is 1.14 bits per heavy atom. The number of rotatable bonds is 9. The van der Waals surface area contributed by atoms with Gasteiger partial charge < -0.3 is 9.64 Å². The molecule has 28 heavy (non-hydrogen) atoms. The van der Waals surface area contributed by atoms with Crippen molar-refractivity contribution in [2.45, 2.75) is 38.5 Å². The Morgan fingerprint density at radius 3 is 2.50 bits per heavy atom. The van der Waals surface area contributed by atoms with Crippen LogP contribution in [0, 0.1) is 6.92 Å². The van der Waals surface area contributed by atoms with Crippen LogP contribution in [-0.4, -0.2) is 39.4 Å². The van der Waals surface area contributed by atoms with Crippen LogP contribution in [0.4, 0.5) is 5.69 Å². The second-order valence-corrected chi connectivity index (χ2v) is 8.18. The van der Waals surface area contributed by atoms with Crippen molar-refractivity contribution < 1.29 is 17.9 Å². The molecule has 1 amide bonds. The number of nitrogens with one attached hydrogen (secondary N) is 1. The fraction of sp³-hybridized carbons (Fsp3) is 0.381. The van der Waals surface area contributed by atoms with Gasteiger partial charge in [0.2, 0.25) is 0 Å². The van der Waals surface area contributed by atoms with E-state index >= 15 is 0 Å². The summed E-state index contributed by atoms with van der Waals surface area (Å²) < 4.78 is 33.7. The Balaban J connectivity index is 2.37. The van der Waals surface area contributed by atoms with E-state index in [0.29, 0.717) is 35.7 Å². The van der Waals surface area contributed by atoms with E-state index in [2.05, 4.69) is 11.6 Å². The van der Waals surface area contributed by atoms with Crippen molar-refractivity contribution in [2.24, 2.45) is 0 Å². The molecule has 0 bridgehead atoms. The summed E-state index contributed by atoms with van der Waals surface area (Å²) >= 11 is 0. The van der Waals surface area contributed by atoms with E-state index in [1.807, 2.05) is 6.92 Å². The fourth-order valence-corrected chi connectivity index (χ4v) is 4.23. The summed E-state index contributed by atoms with van der Waals surface area (Å²) in [6, 6.07) is 11.6. The first kappa shape index (κ1) is 21.8. The van der Waals surface area contributed by atoms with Gasteiger partial charge in [0, 0.05) is 18.7 Å². The van der Waals surface area contributed by atoms with Crippen LogP contribution in [0.2, 0.25) is 0 Å². The van der Waals surface area contributed by atoms with Crippen LogP contribution in [0.1, 0.15) is 42.6 Å². The molecule has 2 aromatic carbocycles. The molecule has 152 valence electrons. The van der Waals surface area contributed by atoms with Gasteiger partial charge in [-0.05, 0) is 50.1 Å². The van der Waals surface area contributed by atoms with Crippen LogP contribution in [-0.2, 0) is 10.0 Å². The van der Waals surface area contributed by atoms with Gasteiger partial charge in [-0.1, -0.05) is 31.5 Å². The lowest BCUT2D eigenvalue weighted by Crippen LogP contribution is -2.32. The predicted molar refractivity (Wildman–Crippen MR) is 111 cm³/mol. The van der Waals surface area contributed by atoms with Crippen molar-refractivity contribution in [1.29, 1.82) is 0 Å². The normalized spacial score (nSPS) is 11.1. The van der Waals surface area contributed by atoms with Gasteiger partial charge in [-0.2, -0.15) is 0 Å². The van der Waals surface area contributed by atoms with Crippen LogP contribution in [0.5, 0.6) is 5.75 Å². The fourth-order valence-electron chi connectivity index (χ4n) is 2.89. The number of hydrogen-bond acceptors (Lipinski definition) is 4. The van der Waals surface area contributed by atoms with E-state index in [0.717, 1.165) is 12.8 Å². The van der Waals surface area contributed by atoms with E-state index in [-0.39, 0.29) is 10.8 Å². The molecule has 7 heteroatoms. The number of carbonyl (C=O) groups excluding carboxylic acids is 1. The third kappa shape index (κ3) is 5.04. The maximum absolute atomic E-state index is 13.0. The van der Waals surface area contributed by atoms with E-state index < -0.39 is 10.0 Å². The molecule has 1 N–H and O–H groups in total. The monoisotopic (exact) mass is 404 g/mol. The van der Waals surface area contributed by atoms with Crippen molar-refractivity contribution in [3.63, 3.8) is 0 Å². The topological polar surface area (TPSA) is 75.7 Å². The number of benzene rings is 2. The number of hydrogen-bond donors (Lipinski definition) is 1. The number of aryl methyl sites for hydroxylation is 1. The predicted octanol–water partition coefficient (Wildman–Crippen LogP) is 4.07. The van der Waals surface area contributed by atoms with Gasteiger partial charge in [-0.25, -0.2) is 8.42 Å². The van der Waals surface area contributed by atoms with Gasteiger partial charge >= 0.3 is 0 Å². The summed E-state index contributed by atoms with van der Waals surface area (Å²) in [4.78, 5) is 14.6. The van der Waals surface area contributed by atoms with Gasteiger partial charge in [0.05, 0.1) is 17.7 Å². The Labute approximate surface area is 167 Å². The minimum absolute atomic E-state index is 0.0794. The quantitative estimate of drug-likeness (QED) is 0.684. The molecular formula is C21H28N2O4S. The summed E-state index contributed by atoms with van der Waals surface area (Å²) in [6.45, 7) is 6.93. The lowest BCUT2D eigenvalue weighted by molar-refractivity contribution is 0.0762. The molecule has 0 aliphatic rings. The standard InChI is InChI=1S/C21H28N2O4S/c1-5-7-14-23(6-2)21(24)17-13-12-16(3)20(15-17)28(25,26)22-18-10-8-9-11-19(18)27-4/h8-13,15,22H,5-7,14H2,1-4H3. The zero-order chi connectivity index (χ0) is 20.7. The molecule has 0 saturated heterocycles. The second-order valence-electron chi connectivity index (χ2n) is 6.52. The van der Waals surface area contributed by atoms with Crippen molar-refractivity contribution in [1.82, 2.24) is 4.90 Å². The SMILES string of the molecule is CCCCN(CC)C(=O)c1ccc(C)c(S(=O)(=O)Nc2ccccc2OC)c1. The van der Waals surface area contributed by atoms with Crippen LogP contribution in [0.3, 0.4) is 0 Å². The molecule has 0 heterocycles. The van der Waals surface area contributed by atoms with Crippen molar-refractivity contribution >= 4 is 21.6 Å². The molecule has 0 aliphatic heterocycles. The molecule has 2 rings (SSSR count). The van der Waals surface area contributed by atoms with E-state index in [9.17, 15) is 13.2 Å². The Kier molecular flexibility index (Phi) is 7.45. The van der Waals surface area contributed by atoms with Gasteiger partial charge in [-0.15, -0.1) is 0 Å². The minimum atomic E-state index is -3.88. The highest BCUT2D eigenvalue weighted by molar-refractivity contribution is 7.92. The molecule has 0 saturated carbocycles. The molecule has 0 fully saturated rings. The highest BCUT2D eigenvalue weighted by atomic mass is 32.2. The summed E-state index contributed by atoms with van der Waals surface area (Å²) in [7, 11) is -2.40. The van der Waals surface area contributed by atoms with Crippen molar-refractivity contribution in [3.8, 4) is 5.75 Å². The number of carbonyl (C=O) groups is 1. The van der Waals surface area contributed by atoms with Gasteiger partial charge in [0.15, 0.2) is 0 Å². The summed E-state index contributed by atoms with van der Waals surface area (Å²) in [5, 5.41) is 0. The van der Waals surface area contributed by atoms with E-state index in [1.54, 1.807) is 48.2 Å². The number of nitrogens with zero attached hydrogens (tertiary/aromatic N) is 1. The number of unbranched alkanes of at least 4 members (excludes halogenated alkanes) is 1. The molecule has 0 unspecified atom stereocenters. The van der Waals surface area contributed by atoms with Gasteiger partial charge in [0.1, 0.15) is 5.75 Å². The molecule has 0 atom stereocenters. The van der Waals surface area contributed by atoms with E-state index in [4.69, 9.17) is 4.74 Å². The number of amides is 1. The third-order valence-corrected chi connectivity index (χ3v) is 6.03. The highest BCUT2D eigenvalue weighted by Gasteiger charge is 2.22. The molecule has 6 nitrogen and oxygen atoms in total. The zero-order valence-electron chi connectivity index (χ0n) is 16.9. The van der Waals surface area contributed by atoms with Crippen LogP contribution < -0.4 is 9.46 Å². The van der Waals surface area contributed by atoms with Crippen LogP contribution in [0.25, 0.3) is 0 Å². The largest absolute Gasteiger partial charge is 0.495 e. The van der Waals surface area contributed by atoms with Crippen molar-refractivity contribution in [3.05, 3.63) is 53.6 Å². The first-order valence-corrected chi connectivity index (χ1v) is 10.9. The van der Waals surface area contributed by atoms with Crippen LogP contribution in [0.15, 0.2) is 47.4 Å². The van der Waals surface area contributed by atoms with Gasteiger partial charge in [0.25, 0.3) is 15.9 Å². The Bertz CT molecular complexity index is 926. The lowest BCUT2D eigenvalue weighted by atomic mass is 10.1. The number of anilines is 1. The summed E-state index contributed by atoms with van der Waals surface area (Å²) in [5.41, 5.74) is 1.28. The third-order valence-electron chi connectivity index (χ3n) is 4.53. The maximum Gasteiger partial charge on any atom is 0.262 e. The summed E-state index contributed by atoms with van der Waals surface area (Å²) in [5.74, 6) is 0.261. The molecule has 0 spiro atoms. The minimum Gasteiger partial charge on any atom is -0.495 e. The van der Waals surface area contributed by atoms with Crippen molar-refractivity contribution in [2.75, 3.05) is 24.9 Å². The van der Waals surface area contributed by atoms with Gasteiger partial charge in [-0.3, -0.25) is 9.52 Å². The summed E-state index contributed by atoms with van der Waals surface area (Å²) in [6.07, 6.45) is 1.89. The molecule has 0 aromatic heterocycles. The number of methoxy groups -OCH3 is 1. The molecule has 0 aliphatic carbocycles. The first-order valence-electron chi connectivity index (χ1n) is 9.39. The number of ether oxygens (including phenoxy) is 1. The maximum atomic E-state index is 13.0. The Morgan fingerprint density at radius 2 is 1.86 bits per heavy atom.